The lowest BCUT2D eigenvalue weighted by Crippen LogP contribution is -2.32. The van der Waals surface area contributed by atoms with Gasteiger partial charge in [0.1, 0.15) is 10.7 Å². The summed E-state index contributed by atoms with van der Waals surface area (Å²) in [6.07, 6.45) is 1.92. The zero-order valence-corrected chi connectivity index (χ0v) is 17.5. The van der Waals surface area contributed by atoms with Crippen LogP contribution in [-0.2, 0) is 14.6 Å². The van der Waals surface area contributed by atoms with Gasteiger partial charge in [0.05, 0.1) is 24.8 Å². The second kappa shape index (κ2) is 8.10. The number of ether oxygens (including phenoxy) is 2. The first-order chi connectivity index (χ1) is 13.2. The molecule has 0 saturated carbocycles. The quantitative estimate of drug-likeness (QED) is 0.793. The topological polar surface area (TPSA) is 108 Å². The highest BCUT2D eigenvalue weighted by atomic mass is 35.5. The molecule has 1 aliphatic rings. The summed E-state index contributed by atoms with van der Waals surface area (Å²) < 4.78 is 35.2. The molecule has 1 saturated heterocycles. The van der Waals surface area contributed by atoms with E-state index in [0.717, 1.165) is 18.4 Å². The van der Waals surface area contributed by atoms with E-state index in [2.05, 4.69) is 14.9 Å². The van der Waals surface area contributed by atoms with E-state index >= 15 is 0 Å². The highest BCUT2D eigenvalue weighted by molar-refractivity contribution is 7.90. The molecule has 3 rings (SSSR count). The smallest absolute Gasteiger partial charge is 0.222 e. The Labute approximate surface area is 169 Å². The average molecular weight is 427 g/mol. The lowest BCUT2D eigenvalue weighted by Gasteiger charge is -2.32. The van der Waals surface area contributed by atoms with Crippen molar-refractivity contribution in [2.45, 2.75) is 24.3 Å². The van der Waals surface area contributed by atoms with Gasteiger partial charge in [0, 0.05) is 31.2 Å². The van der Waals surface area contributed by atoms with Crippen molar-refractivity contribution < 1.29 is 17.9 Å². The molecule has 1 atom stereocenters. The number of rotatable bonds is 4. The number of aromatic nitrogens is 2. The van der Waals surface area contributed by atoms with Crippen LogP contribution < -0.4 is 15.4 Å². The molecular formula is C18H23ClN4O4S. The normalized spacial score (nSPS) is 18.0. The molecule has 1 aromatic carbocycles. The first-order valence-electron chi connectivity index (χ1n) is 8.74. The highest BCUT2D eigenvalue weighted by Gasteiger charge is 2.30. The predicted molar refractivity (Wildman–Crippen MR) is 108 cm³/mol. The van der Waals surface area contributed by atoms with Crippen molar-refractivity contribution >= 4 is 33.2 Å². The zero-order chi connectivity index (χ0) is 20.5. The van der Waals surface area contributed by atoms with Gasteiger partial charge in [-0.15, -0.1) is 0 Å². The number of anilines is 2. The van der Waals surface area contributed by atoms with Crippen molar-refractivity contribution in [2.24, 2.45) is 0 Å². The molecule has 8 nitrogen and oxygen atoms in total. The molecule has 10 heteroatoms. The minimum atomic E-state index is -3.49. The Morgan fingerprint density at radius 2 is 2.11 bits per heavy atom. The zero-order valence-electron chi connectivity index (χ0n) is 16.0. The third-order valence-electron chi connectivity index (χ3n) is 4.55. The van der Waals surface area contributed by atoms with Crippen LogP contribution in [0.4, 0.5) is 11.8 Å². The van der Waals surface area contributed by atoms with Gasteiger partial charge in [-0.2, -0.15) is 4.98 Å². The third kappa shape index (κ3) is 4.16. The fourth-order valence-electron chi connectivity index (χ4n) is 3.32. The van der Waals surface area contributed by atoms with Crippen LogP contribution in [0.5, 0.6) is 5.75 Å². The summed E-state index contributed by atoms with van der Waals surface area (Å²) in [5.41, 5.74) is 7.29. The molecule has 2 N–H and O–H groups in total. The fourth-order valence-corrected chi connectivity index (χ4v) is 4.59. The molecular weight excluding hydrogens is 404 g/mol. The molecule has 0 spiro atoms. The molecule has 2 aromatic rings. The maximum absolute atomic E-state index is 12.1. The molecule has 2 heterocycles. The standard InChI is InChI=1S/C18H23ClN4O4S/c1-11-9-15(22-18(20)21-11)23-7-4-8-27-10-13(23)12-5-6-14(28(3,24)25)17(26-2)16(12)19/h5-6,9,13H,4,7-8,10H2,1-3H3,(H2,20,21,22)/t13-/m1/s1. The summed E-state index contributed by atoms with van der Waals surface area (Å²) in [6.45, 7) is 3.49. The van der Waals surface area contributed by atoms with Crippen molar-refractivity contribution in [3.63, 3.8) is 0 Å². The van der Waals surface area contributed by atoms with Gasteiger partial charge in [-0.3, -0.25) is 0 Å². The van der Waals surface area contributed by atoms with E-state index in [0.29, 0.717) is 31.1 Å². The lowest BCUT2D eigenvalue weighted by molar-refractivity contribution is 0.134. The van der Waals surface area contributed by atoms with Crippen molar-refractivity contribution in [3.05, 3.63) is 34.5 Å². The monoisotopic (exact) mass is 426 g/mol. The number of hydrogen-bond acceptors (Lipinski definition) is 8. The first-order valence-corrected chi connectivity index (χ1v) is 11.0. The average Bonchev–Trinajstić information content (AvgIpc) is 2.85. The van der Waals surface area contributed by atoms with Gasteiger partial charge in [0.15, 0.2) is 15.6 Å². The van der Waals surface area contributed by atoms with Crippen LogP contribution in [0.2, 0.25) is 5.02 Å². The van der Waals surface area contributed by atoms with Crippen molar-refractivity contribution in [1.82, 2.24) is 9.97 Å². The van der Waals surface area contributed by atoms with Crippen LogP contribution in [0.25, 0.3) is 0 Å². The summed E-state index contributed by atoms with van der Waals surface area (Å²) in [4.78, 5) is 10.6. The number of hydrogen-bond donors (Lipinski definition) is 1. The highest BCUT2D eigenvalue weighted by Crippen LogP contribution is 2.40. The number of halogens is 1. The third-order valence-corrected chi connectivity index (χ3v) is 6.06. The van der Waals surface area contributed by atoms with Crippen molar-refractivity contribution in [3.8, 4) is 5.75 Å². The fraction of sp³-hybridized carbons (Fsp3) is 0.444. The number of benzene rings is 1. The van der Waals surface area contributed by atoms with E-state index in [1.54, 1.807) is 6.07 Å². The van der Waals surface area contributed by atoms with Gasteiger partial charge in [-0.1, -0.05) is 17.7 Å². The molecule has 0 unspecified atom stereocenters. The maximum atomic E-state index is 12.1. The van der Waals surface area contributed by atoms with Crippen molar-refractivity contribution in [1.29, 1.82) is 0 Å². The minimum Gasteiger partial charge on any atom is -0.494 e. The lowest BCUT2D eigenvalue weighted by atomic mass is 10.0. The summed E-state index contributed by atoms with van der Waals surface area (Å²) >= 11 is 6.59. The Bertz CT molecular complexity index is 964. The van der Waals surface area contributed by atoms with Gasteiger partial charge in [-0.25, -0.2) is 13.4 Å². The van der Waals surface area contributed by atoms with Crippen LogP contribution in [0.15, 0.2) is 23.1 Å². The molecule has 1 fully saturated rings. The Hall–Kier alpha value is -2.10. The SMILES string of the molecule is COc1c(S(C)(=O)=O)ccc([C@H]2COCCCN2c2cc(C)nc(N)n2)c1Cl. The summed E-state index contributed by atoms with van der Waals surface area (Å²) in [7, 11) is -2.09. The van der Waals surface area contributed by atoms with Gasteiger partial charge in [0.25, 0.3) is 0 Å². The number of aryl methyl sites for hydroxylation is 1. The van der Waals surface area contributed by atoms with Gasteiger partial charge in [-0.05, 0) is 25.0 Å². The van der Waals surface area contributed by atoms with Crippen LogP contribution >= 0.6 is 11.6 Å². The Morgan fingerprint density at radius 1 is 1.36 bits per heavy atom. The number of sulfone groups is 1. The second-order valence-corrected chi connectivity index (χ2v) is 9.00. The largest absolute Gasteiger partial charge is 0.494 e. The Morgan fingerprint density at radius 3 is 2.75 bits per heavy atom. The van der Waals surface area contributed by atoms with E-state index in [1.807, 2.05) is 13.0 Å². The molecule has 0 amide bonds. The Balaban J connectivity index is 2.13. The minimum absolute atomic E-state index is 0.0481. The summed E-state index contributed by atoms with van der Waals surface area (Å²) in [6, 6.07) is 4.78. The van der Waals surface area contributed by atoms with Crippen LogP contribution in [0.1, 0.15) is 23.7 Å². The van der Waals surface area contributed by atoms with Crippen LogP contribution in [-0.4, -0.2) is 51.5 Å². The van der Waals surface area contributed by atoms with E-state index in [-0.39, 0.29) is 27.7 Å². The van der Waals surface area contributed by atoms with E-state index < -0.39 is 9.84 Å². The van der Waals surface area contributed by atoms with Crippen molar-refractivity contribution in [2.75, 3.05) is 43.8 Å². The molecule has 0 bridgehead atoms. The number of nitrogens with two attached hydrogens (primary N) is 1. The summed E-state index contributed by atoms with van der Waals surface area (Å²) in [5.74, 6) is 0.988. The molecule has 152 valence electrons. The van der Waals surface area contributed by atoms with Gasteiger partial charge in [0.2, 0.25) is 5.95 Å². The Kier molecular flexibility index (Phi) is 5.97. The van der Waals surface area contributed by atoms with Crippen LogP contribution in [0.3, 0.4) is 0 Å². The van der Waals surface area contributed by atoms with E-state index in [1.165, 1.54) is 13.2 Å². The van der Waals surface area contributed by atoms with Crippen LogP contribution in [0, 0.1) is 6.92 Å². The predicted octanol–water partition coefficient (Wildman–Crippen LogP) is 2.40. The molecule has 0 aliphatic carbocycles. The molecule has 1 aliphatic heterocycles. The molecule has 0 radical (unpaired) electrons. The molecule has 1 aromatic heterocycles. The number of nitrogen functional groups attached to an aromatic ring is 1. The van der Waals surface area contributed by atoms with E-state index in [9.17, 15) is 8.42 Å². The number of nitrogens with zero attached hydrogens (tertiary/aromatic N) is 3. The second-order valence-electron chi connectivity index (χ2n) is 6.64. The maximum Gasteiger partial charge on any atom is 0.222 e. The first kappa shape index (κ1) is 20.6. The molecule has 28 heavy (non-hydrogen) atoms. The van der Waals surface area contributed by atoms with Gasteiger partial charge < -0.3 is 20.1 Å². The van der Waals surface area contributed by atoms with E-state index in [4.69, 9.17) is 26.8 Å². The number of methoxy groups -OCH3 is 1. The van der Waals surface area contributed by atoms with Gasteiger partial charge >= 0.3 is 0 Å². The summed E-state index contributed by atoms with van der Waals surface area (Å²) in [5, 5.41) is 0.240.